The van der Waals surface area contributed by atoms with Crippen LogP contribution in [0.25, 0.3) is 10.2 Å². The van der Waals surface area contributed by atoms with Crippen LogP contribution in [0, 0.1) is 5.82 Å². The van der Waals surface area contributed by atoms with Crippen LogP contribution in [-0.2, 0) is 26.1 Å². The van der Waals surface area contributed by atoms with Gasteiger partial charge < -0.3 is 9.30 Å². The number of benzene rings is 3. The Balaban J connectivity index is 1.63. The maximum Gasteiger partial charge on any atom is 0.325 e. The summed E-state index contributed by atoms with van der Waals surface area (Å²) in [6.07, 6.45) is 0. The zero-order chi connectivity index (χ0) is 25.2. The summed E-state index contributed by atoms with van der Waals surface area (Å²) in [6.45, 7) is -0.324. The molecule has 0 bridgehead atoms. The molecule has 0 atom stereocenters. The van der Waals surface area contributed by atoms with Crippen LogP contribution < -0.4 is 9.52 Å². The molecule has 0 spiro atoms. The van der Waals surface area contributed by atoms with Crippen molar-refractivity contribution in [3.05, 3.63) is 87.9 Å². The van der Waals surface area contributed by atoms with Crippen LogP contribution in [0.5, 0.6) is 0 Å². The second kappa shape index (κ2) is 9.98. The number of methoxy groups -OCH3 is 1. The van der Waals surface area contributed by atoms with Crippen molar-refractivity contribution in [3.63, 3.8) is 0 Å². The molecule has 1 aromatic heterocycles. The number of amides is 1. The van der Waals surface area contributed by atoms with Gasteiger partial charge in [0.15, 0.2) is 4.80 Å². The molecule has 0 aliphatic heterocycles. The number of carbonyl (C=O) groups excluding carboxylic acids is 2. The summed E-state index contributed by atoms with van der Waals surface area (Å²) in [5.74, 6) is -1.84. The highest BCUT2D eigenvalue weighted by molar-refractivity contribution is 7.92. The van der Waals surface area contributed by atoms with E-state index in [9.17, 15) is 22.4 Å². The van der Waals surface area contributed by atoms with Gasteiger partial charge in [-0.25, -0.2) is 12.8 Å². The minimum absolute atomic E-state index is 0.0317. The molecule has 35 heavy (non-hydrogen) atoms. The minimum Gasteiger partial charge on any atom is -0.468 e. The van der Waals surface area contributed by atoms with Crippen LogP contribution in [0.4, 0.5) is 10.1 Å². The number of para-hydroxylation sites is 1. The standard InChI is InChI=1S/C23H17ClFN3O5S2/c1-33-20(29)13-28-21-18(25)3-2-4-19(21)34-23(28)26-22(30)14-5-9-16(10-6-14)27-35(31,32)17-11-7-15(24)8-12-17/h2-12,27H,13H2,1H3. The number of halogens is 2. The molecule has 3 aromatic carbocycles. The highest BCUT2D eigenvalue weighted by Crippen LogP contribution is 2.21. The number of nitrogens with zero attached hydrogens (tertiary/aromatic N) is 2. The Bertz CT molecular complexity index is 1600. The van der Waals surface area contributed by atoms with Gasteiger partial charge in [0.25, 0.3) is 15.9 Å². The third-order valence-corrected chi connectivity index (χ3v) is 7.56. The number of ether oxygens (including phenoxy) is 1. The predicted octanol–water partition coefficient (Wildman–Crippen LogP) is 4.21. The lowest BCUT2D eigenvalue weighted by Gasteiger charge is -2.08. The van der Waals surface area contributed by atoms with Gasteiger partial charge in [-0.2, -0.15) is 4.99 Å². The maximum atomic E-state index is 14.4. The summed E-state index contributed by atoms with van der Waals surface area (Å²) in [5, 5.41) is 0.407. The summed E-state index contributed by atoms with van der Waals surface area (Å²) >= 11 is 6.85. The molecule has 0 radical (unpaired) electrons. The number of rotatable bonds is 6. The maximum absolute atomic E-state index is 14.4. The normalized spacial score (nSPS) is 12.0. The first kappa shape index (κ1) is 24.6. The van der Waals surface area contributed by atoms with Crippen LogP contribution in [-0.4, -0.2) is 32.0 Å². The summed E-state index contributed by atoms with van der Waals surface area (Å²) in [6, 6.07) is 15.8. The van der Waals surface area contributed by atoms with Crippen molar-refractivity contribution < 1.29 is 27.1 Å². The zero-order valence-electron chi connectivity index (χ0n) is 18.1. The van der Waals surface area contributed by atoms with E-state index < -0.39 is 27.7 Å². The highest BCUT2D eigenvalue weighted by atomic mass is 35.5. The number of anilines is 1. The Kier molecular flexibility index (Phi) is 7.01. The lowest BCUT2D eigenvalue weighted by Crippen LogP contribution is -2.22. The first-order valence-electron chi connectivity index (χ1n) is 10.00. The number of esters is 1. The molecule has 1 amide bonds. The molecule has 4 rings (SSSR count). The van der Waals surface area contributed by atoms with Gasteiger partial charge in [0.2, 0.25) is 0 Å². The molecule has 12 heteroatoms. The summed E-state index contributed by atoms with van der Waals surface area (Å²) < 4.78 is 48.4. The van der Waals surface area contributed by atoms with E-state index in [4.69, 9.17) is 11.6 Å². The van der Waals surface area contributed by atoms with Crippen molar-refractivity contribution in [1.29, 1.82) is 0 Å². The molecule has 180 valence electrons. The van der Waals surface area contributed by atoms with Gasteiger partial charge in [0.1, 0.15) is 12.4 Å². The molecule has 0 aliphatic rings. The zero-order valence-corrected chi connectivity index (χ0v) is 20.5. The van der Waals surface area contributed by atoms with Crippen molar-refractivity contribution in [2.45, 2.75) is 11.4 Å². The molecule has 0 saturated heterocycles. The van der Waals surface area contributed by atoms with E-state index >= 15 is 0 Å². The average Bonchev–Trinajstić information content (AvgIpc) is 3.17. The second-order valence-electron chi connectivity index (χ2n) is 7.19. The largest absolute Gasteiger partial charge is 0.468 e. The molecule has 0 aliphatic carbocycles. The van der Waals surface area contributed by atoms with Gasteiger partial charge in [0.05, 0.1) is 22.2 Å². The van der Waals surface area contributed by atoms with Gasteiger partial charge in [-0.1, -0.05) is 29.0 Å². The summed E-state index contributed by atoms with van der Waals surface area (Å²) in [4.78, 5) is 28.9. The van der Waals surface area contributed by atoms with E-state index in [1.165, 1.54) is 72.3 Å². The quantitative estimate of drug-likeness (QED) is 0.374. The number of aromatic nitrogens is 1. The predicted molar refractivity (Wildman–Crippen MR) is 130 cm³/mol. The Morgan fingerprint density at radius 1 is 1.09 bits per heavy atom. The van der Waals surface area contributed by atoms with Crippen molar-refractivity contribution in [2.24, 2.45) is 4.99 Å². The fourth-order valence-corrected chi connectivity index (χ4v) is 5.40. The number of hydrogen-bond donors (Lipinski definition) is 1. The molecule has 4 aromatic rings. The van der Waals surface area contributed by atoms with Crippen molar-refractivity contribution in [1.82, 2.24) is 4.57 Å². The Morgan fingerprint density at radius 2 is 1.77 bits per heavy atom. The minimum atomic E-state index is -3.85. The lowest BCUT2D eigenvalue weighted by molar-refractivity contribution is -0.141. The first-order valence-corrected chi connectivity index (χ1v) is 12.7. The van der Waals surface area contributed by atoms with Crippen LogP contribution in [0.15, 0.2) is 76.6 Å². The topological polar surface area (TPSA) is 107 Å². The van der Waals surface area contributed by atoms with E-state index in [0.29, 0.717) is 9.72 Å². The van der Waals surface area contributed by atoms with E-state index in [1.807, 2.05) is 0 Å². The number of thiazole rings is 1. The summed E-state index contributed by atoms with van der Waals surface area (Å²) in [7, 11) is -2.64. The van der Waals surface area contributed by atoms with E-state index in [0.717, 1.165) is 11.3 Å². The van der Waals surface area contributed by atoms with Crippen molar-refractivity contribution >= 4 is 60.7 Å². The van der Waals surface area contributed by atoms with Crippen molar-refractivity contribution in [2.75, 3.05) is 11.8 Å². The smallest absolute Gasteiger partial charge is 0.325 e. The number of hydrogen-bond acceptors (Lipinski definition) is 6. The molecule has 8 nitrogen and oxygen atoms in total. The molecule has 0 fully saturated rings. The third-order valence-electron chi connectivity index (χ3n) is 4.87. The fourth-order valence-electron chi connectivity index (χ4n) is 3.17. The molecule has 1 heterocycles. The summed E-state index contributed by atoms with van der Waals surface area (Å²) in [5.41, 5.74) is 0.546. The Morgan fingerprint density at radius 3 is 2.43 bits per heavy atom. The third kappa shape index (κ3) is 5.42. The Hall–Kier alpha value is -3.54. The second-order valence-corrected chi connectivity index (χ2v) is 10.3. The number of sulfonamides is 1. The van der Waals surface area contributed by atoms with Crippen LogP contribution >= 0.6 is 22.9 Å². The molecular formula is C23H17ClFN3O5S2. The molecule has 0 unspecified atom stereocenters. The average molecular weight is 534 g/mol. The molecular weight excluding hydrogens is 517 g/mol. The monoisotopic (exact) mass is 533 g/mol. The van der Waals surface area contributed by atoms with Gasteiger partial charge >= 0.3 is 5.97 Å². The van der Waals surface area contributed by atoms with E-state index in [-0.39, 0.29) is 33.0 Å². The van der Waals surface area contributed by atoms with Gasteiger partial charge in [-0.05, 0) is 60.7 Å². The van der Waals surface area contributed by atoms with Crippen LogP contribution in [0.1, 0.15) is 10.4 Å². The van der Waals surface area contributed by atoms with E-state index in [1.54, 1.807) is 6.07 Å². The Labute approximate surface area is 208 Å². The van der Waals surface area contributed by atoms with Crippen LogP contribution in [0.3, 0.4) is 0 Å². The lowest BCUT2D eigenvalue weighted by atomic mass is 10.2. The fraction of sp³-hybridized carbons (Fsp3) is 0.0870. The SMILES string of the molecule is COC(=O)Cn1c(=NC(=O)c2ccc(NS(=O)(=O)c3ccc(Cl)cc3)cc2)sc2cccc(F)c21. The number of nitrogens with one attached hydrogen (secondary N) is 1. The van der Waals surface area contributed by atoms with Gasteiger partial charge in [-0.3, -0.25) is 14.3 Å². The number of carbonyl (C=O) groups is 2. The highest BCUT2D eigenvalue weighted by Gasteiger charge is 2.17. The molecule has 0 saturated carbocycles. The van der Waals surface area contributed by atoms with Gasteiger partial charge in [0, 0.05) is 16.3 Å². The first-order chi connectivity index (χ1) is 16.7. The van der Waals surface area contributed by atoms with Crippen LogP contribution in [0.2, 0.25) is 5.02 Å². The number of fused-ring (bicyclic) bond motifs is 1. The van der Waals surface area contributed by atoms with Gasteiger partial charge in [-0.15, -0.1) is 0 Å². The van der Waals surface area contributed by atoms with E-state index in [2.05, 4.69) is 14.5 Å². The van der Waals surface area contributed by atoms with Crippen molar-refractivity contribution in [3.8, 4) is 0 Å². The molecule has 1 N–H and O–H groups in total.